The number of nitrogens with one attached hydrogen (secondary N) is 2. The van der Waals surface area contributed by atoms with Crippen molar-refractivity contribution in [3.8, 4) is 0 Å². The molecule has 140 valence electrons. The number of nitrogens with zero attached hydrogens (tertiary/aromatic N) is 3. The molecule has 1 heterocycles. The summed E-state index contributed by atoms with van der Waals surface area (Å²) in [5.41, 5.74) is 1.10. The summed E-state index contributed by atoms with van der Waals surface area (Å²) in [7, 11) is 0. The van der Waals surface area contributed by atoms with E-state index in [2.05, 4.69) is 38.6 Å². The number of piperazine rings is 1. The van der Waals surface area contributed by atoms with Gasteiger partial charge >= 0.3 is 0 Å². The lowest BCUT2D eigenvalue weighted by atomic mass is 10.2. The van der Waals surface area contributed by atoms with Crippen LogP contribution in [0.15, 0.2) is 29.3 Å². The minimum Gasteiger partial charge on any atom is -0.369 e. The van der Waals surface area contributed by atoms with Crippen molar-refractivity contribution in [2.24, 2.45) is 4.99 Å². The van der Waals surface area contributed by atoms with E-state index in [9.17, 15) is 4.39 Å². The van der Waals surface area contributed by atoms with Gasteiger partial charge in [0.15, 0.2) is 5.96 Å². The Morgan fingerprint density at radius 3 is 2.52 bits per heavy atom. The average Bonchev–Trinajstić information content (AvgIpc) is 2.63. The van der Waals surface area contributed by atoms with Crippen LogP contribution in [-0.2, 0) is 0 Å². The number of hydrogen-bond donors (Lipinski definition) is 2. The molecule has 0 spiro atoms. The van der Waals surface area contributed by atoms with Gasteiger partial charge in [0.05, 0.1) is 6.54 Å². The summed E-state index contributed by atoms with van der Waals surface area (Å²) in [6.45, 7) is 9.64. The lowest BCUT2D eigenvalue weighted by Gasteiger charge is -2.35. The van der Waals surface area contributed by atoms with Gasteiger partial charge < -0.3 is 15.5 Å². The topological polar surface area (TPSA) is 42.9 Å². The Morgan fingerprint density at radius 2 is 1.88 bits per heavy atom. The van der Waals surface area contributed by atoms with Crippen LogP contribution >= 0.6 is 11.8 Å². The van der Waals surface area contributed by atoms with Crippen molar-refractivity contribution in [2.75, 3.05) is 69.3 Å². The highest BCUT2D eigenvalue weighted by atomic mass is 32.2. The van der Waals surface area contributed by atoms with E-state index in [1.54, 1.807) is 0 Å². The maximum absolute atomic E-state index is 13.0. The number of halogens is 1. The van der Waals surface area contributed by atoms with E-state index >= 15 is 0 Å². The molecule has 0 unspecified atom stereocenters. The smallest absolute Gasteiger partial charge is 0.191 e. The van der Waals surface area contributed by atoms with Crippen LogP contribution < -0.4 is 15.5 Å². The maximum Gasteiger partial charge on any atom is 0.191 e. The van der Waals surface area contributed by atoms with Crippen molar-refractivity contribution < 1.29 is 4.39 Å². The molecule has 0 radical (unpaired) electrons. The monoisotopic (exact) mass is 367 g/mol. The third kappa shape index (κ3) is 7.12. The second-order valence-corrected chi connectivity index (χ2v) is 6.97. The third-order valence-corrected chi connectivity index (χ3v) is 4.81. The van der Waals surface area contributed by atoms with E-state index in [0.29, 0.717) is 0 Å². The molecule has 2 rings (SSSR count). The highest BCUT2D eigenvalue weighted by Crippen LogP contribution is 2.16. The SMILES string of the molecule is CCNC(=NCCN1CCN(c2ccc(F)cc2)CC1)NCCSC. The second kappa shape index (κ2) is 11.2. The first-order chi connectivity index (χ1) is 12.2. The first kappa shape index (κ1) is 19.8. The third-order valence-electron chi connectivity index (χ3n) is 4.19. The van der Waals surface area contributed by atoms with Crippen LogP contribution in [0.25, 0.3) is 0 Å². The van der Waals surface area contributed by atoms with Crippen molar-refractivity contribution in [2.45, 2.75) is 6.92 Å². The van der Waals surface area contributed by atoms with Gasteiger partial charge in [-0.2, -0.15) is 11.8 Å². The summed E-state index contributed by atoms with van der Waals surface area (Å²) < 4.78 is 13.0. The molecule has 1 aromatic carbocycles. The van der Waals surface area contributed by atoms with E-state index in [1.807, 2.05) is 23.9 Å². The zero-order chi connectivity index (χ0) is 17.9. The second-order valence-electron chi connectivity index (χ2n) is 5.99. The van der Waals surface area contributed by atoms with Gasteiger partial charge in [0.25, 0.3) is 0 Å². The minimum atomic E-state index is -0.178. The molecule has 0 aromatic heterocycles. The minimum absolute atomic E-state index is 0.178. The van der Waals surface area contributed by atoms with E-state index in [0.717, 1.165) is 69.8 Å². The van der Waals surface area contributed by atoms with Crippen LogP contribution in [0.1, 0.15) is 6.92 Å². The number of rotatable bonds is 8. The number of thioether (sulfide) groups is 1. The summed E-state index contributed by atoms with van der Waals surface area (Å²) in [4.78, 5) is 9.41. The summed E-state index contributed by atoms with van der Waals surface area (Å²) >= 11 is 1.83. The zero-order valence-electron chi connectivity index (χ0n) is 15.3. The molecule has 2 N–H and O–H groups in total. The molecule has 25 heavy (non-hydrogen) atoms. The van der Waals surface area contributed by atoms with Crippen LogP contribution in [-0.4, -0.2) is 75.2 Å². The normalized spacial score (nSPS) is 16.1. The Kier molecular flexibility index (Phi) is 8.90. The van der Waals surface area contributed by atoms with Crippen LogP contribution in [0, 0.1) is 5.82 Å². The number of aliphatic imine (C=N–C) groups is 1. The van der Waals surface area contributed by atoms with Crippen molar-refractivity contribution in [3.05, 3.63) is 30.1 Å². The van der Waals surface area contributed by atoms with Crippen LogP contribution in [0.4, 0.5) is 10.1 Å². The molecule has 1 fully saturated rings. The molecule has 5 nitrogen and oxygen atoms in total. The van der Waals surface area contributed by atoms with Crippen molar-refractivity contribution in [1.82, 2.24) is 15.5 Å². The molecule has 1 aromatic rings. The van der Waals surface area contributed by atoms with Gasteiger partial charge in [-0.1, -0.05) is 0 Å². The standard InChI is InChI=1S/C18H30FN5S/c1-3-20-18(22-9-15-25-2)21-8-10-23-11-13-24(14-12-23)17-6-4-16(19)5-7-17/h4-7H,3,8-15H2,1-2H3,(H2,20,21,22). The highest BCUT2D eigenvalue weighted by molar-refractivity contribution is 7.98. The average molecular weight is 368 g/mol. The van der Waals surface area contributed by atoms with E-state index in [1.165, 1.54) is 12.1 Å². The first-order valence-corrected chi connectivity index (χ1v) is 10.4. The fourth-order valence-electron chi connectivity index (χ4n) is 2.80. The van der Waals surface area contributed by atoms with Gasteiger partial charge in [-0.05, 0) is 37.4 Å². The Hall–Kier alpha value is -1.47. The Balaban J connectivity index is 1.71. The molecule has 0 amide bonds. The molecule has 0 bridgehead atoms. The quantitative estimate of drug-likeness (QED) is 0.417. The van der Waals surface area contributed by atoms with Gasteiger partial charge in [0.1, 0.15) is 5.82 Å². The fraction of sp³-hybridized carbons (Fsp3) is 0.611. The molecule has 0 atom stereocenters. The number of hydrogen-bond acceptors (Lipinski definition) is 4. The first-order valence-electron chi connectivity index (χ1n) is 8.97. The molecule has 7 heteroatoms. The van der Waals surface area contributed by atoms with Crippen molar-refractivity contribution in [1.29, 1.82) is 0 Å². The van der Waals surface area contributed by atoms with E-state index in [-0.39, 0.29) is 5.82 Å². The lowest BCUT2D eigenvalue weighted by molar-refractivity contribution is 0.265. The fourth-order valence-corrected chi connectivity index (χ4v) is 3.10. The zero-order valence-corrected chi connectivity index (χ0v) is 16.1. The number of guanidine groups is 1. The summed E-state index contributed by atoms with van der Waals surface area (Å²) in [6.07, 6.45) is 2.11. The number of anilines is 1. The van der Waals surface area contributed by atoms with Gasteiger partial charge in [-0.25, -0.2) is 4.39 Å². The summed E-state index contributed by atoms with van der Waals surface area (Å²) in [5.74, 6) is 1.81. The van der Waals surface area contributed by atoms with Crippen LogP contribution in [0.5, 0.6) is 0 Å². The summed E-state index contributed by atoms with van der Waals surface area (Å²) in [5, 5.41) is 6.64. The van der Waals surface area contributed by atoms with Crippen LogP contribution in [0.2, 0.25) is 0 Å². The predicted molar refractivity (Wildman–Crippen MR) is 107 cm³/mol. The molecule has 0 aliphatic carbocycles. The van der Waals surface area contributed by atoms with Crippen molar-refractivity contribution >= 4 is 23.4 Å². The largest absolute Gasteiger partial charge is 0.369 e. The molecule has 1 aliphatic heterocycles. The van der Waals surface area contributed by atoms with Gasteiger partial charge in [0.2, 0.25) is 0 Å². The summed E-state index contributed by atoms with van der Waals surface area (Å²) in [6, 6.07) is 6.78. The Morgan fingerprint density at radius 1 is 1.16 bits per heavy atom. The van der Waals surface area contributed by atoms with Gasteiger partial charge in [0, 0.05) is 57.3 Å². The Labute approximate surface area is 155 Å². The molecule has 1 aliphatic rings. The van der Waals surface area contributed by atoms with Gasteiger partial charge in [-0.3, -0.25) is 9.89 Å². The predicted octanol–water partition coefficient (Wildman–Crippen LogP) is 1.87. The van der Waals surface area contributed by atoms with Crippen molar-refractivity contribution in [3.63, 3.8) is 0 Å². The maximum atomic E-state index is 13.0. The van der Waals surface area contributed by atoms with Gasteiger partial charge in [-0.15, -0.1) is 0 Å². The number of benzene rings is 1. The lowest BCUT2D eigenvalue weighted by Crippen LogP contribution is -2.47. The molecule has 1 saturated heterocycles. The molecule has 0 saturated carbocycles. The van der Waals surface area contributed by atoms with E-state index in [4.69, 9.17) is 0 Å². The van der Waals surface area contributed by atoms with Crippen LogP contribution in [0.3, 0.4) is 0 Å². The Bertz CT molecular complexity index is 515. The highest BCUT2D eigenvalue weighted by Gasteiger charge is 2.16. The molecular weight excluding hydrogens is 337 g/mol. The molecular formula is C18H30FN5S. The van der Waals surface area contributed by atoms with E-state index < -0.39 is 0 Å².